The monoisotopic (exact) mass is 301 g/mol. The van der Waals surface area contributed by atoms with Crippen molar-refractivity contribution in [2.24, 2.45) is 0 Å². The number of rotatable bonds is 5. The molecule has 8 nitrogen and oxygen atoms in total. The molecule has 0 radical (unpaired) electrons. The van der Waals surface area contributed by atoms with Gasteiger partial charge in [-0.05, 0) is 6.07 Å². The highest BCUT2D eigenvalue weighted by atomic mass is 16.6. The fraction of sp³-hybridized carbons (Fsp3) is 0.0714. The van der Waals surface area contributed by atoms with E-state index in [1.807, 2.05) is 0 Å². The third kappa shape index (κ3) is 3.63. The molecule has 0 spiro atoms. The largest absolute Gasteiger partial charge is 0.326 e. The molecule has 22 heavy (non-hydrogen) atoms. The number of nitro groups is 2. The van der Waals surface area contributed by atoms with E-state index < -0.39 is 15.8 Å². The van der Waals surface area contributed by atoms with Crippen LogP contribution in [-0.2, 0) is 11.2 Å². The molecule has 0 aliphatic rings. The first-order valence-corrected chi connectivity index (χ1v) is 6.24. The Morgan fingerprint density at radius 3 is 2.41 bits per heavy atom. The van der Waals surface area contributed by atoms with Crippen molar-refractivity contribution >= 4 is 23.0 Å². The maximum absolute atomic E-state index is 11.9. The van der Waals surface area contributed by atoms with Crippen LogP contribution in [0.5, 0.6) is 0 Å². The maximum Gasteiger partial charge on any atom is 0.273 e. The van der Waals surface area contributed by atoms with Crippen molar-refractivity contribution in [2.75, 3.05) is 5.32 Å². The van der Waals surface area contributed by atoms with Crippen LogP contribution in [0, 0.1) is 20.2 Å². The highest BCUT2D eigenvalue weighted by Gasteiger charge is 2.16. The zero-order valence-electron chi connectivity index (χ0n) is 11.3. The number of hydrogen-bond acceptors (Lipinski definition) is 5. The zero-order chi connectivity index (χ0) is 16.1. The number of nitrogens with one attached hydrogen (secondary N) is 1. The van der Waals surface area contributed by atoms with Gasteiger partial charge in [0.1, 0.15) is 0 Å². The second-order valence-electron chi connectivity index (χ2n) is 4.42. The van der Waals surface area contributed by atoms with E-state index in [4.69, 9.17) is 0 Å². The molecule has 2 aromatic carbocycles. The Kier molecular flexibility index (Phi) is 4.42. The molecule has 1 amide bonds. The van der Waals surface area contributed by atoms with E-state index >= 15 is 0 Å². The number of anilines is 1. The maximum atomic E-state index is 11.9. The first-order chi connectivity index (χ1) is 10.5. The Bertz CT molecular complexity index is 745. The fourth-order valence-corrected chi connectivity index (χ4v) is 1.91. The molecule has 0 heterocycles. The molecule has 8 heteroatoms. The van der Waals surface area contributed by atoms with Gasteiger partial charge in [0.25, 0.3) is 11.4 Å². The second-order valence-corrected chi connectivity index (χ2v) is 4.42. The Labute approximate surface area is 124 Å². The molecule has 0 aliphatic carbocycles. The third-order valence-electron chi connectivity index (χ3n) is 2.88. The first kappa shape index (κ1) is 15.1. The number of nitro benzene ring substituents is 2. The molecule has 0 aromatic heterocycles. The predicted octanol–water partition coefficient (Wildman–Crippen LogP) is 2.68. The number of non-ortho nitro benzene ring substituents is 1. The molecule has 0 fully saturated rings. The summed E-state index contributed by atoms with van der Waals surface area (Å²) in [5.41, 5.74) is 0.244. The lowest BCUT2D eigenvalue weighted by molar-refractivity contribution is -0.385. The van der Waals surface area contributed by atoms with Gasteiger partial charge in [-0.3, -0.25) is 25.0 Å². The van der Waals surface area contributed by atoms with Crippen LogP contribution in [0.2, 0.25) is 0 Å². The SMILES string of the molecule is O=C(Cc1ccccc1[N+](=O)[O-])Nc1cccc([N+](=O)[O-])c1. The van der Waals surface area contributed by atoms with Crippen molar-refractivity contribution < 1.29 is 14.6 Å². The summed E-state index contributed by atoms with van der Waals surface area (Å²) in [5.74, 6) is -0.491. The zero-order valence-corrected chi connectivity index (χ0v) is 11.3. The molecule has 0 saturated heterocycles. The minimum absolute atomic E-state index is 0.142. The molecule has 112 valence electrons. The highest BCUT2D eigenvalue weighted by molar-refractivity contribution is 5.93. The van der Waals surface area contributed by atoms with Crippen LogP contribution in [0.1, 0.15) is 5.56 Å². The first-order valence-electron chi connectivity index (χ1n) is 6.24. The van der Waals surface area contributed by atoms with Crippen LogP contribution in [-0.4, -0.2) is 15.8 Å². The quantitative estimate of drug-likeness (QED) is 0.673. The number of hydrogen-bond donors (Lipinski definition) is 1. The molecule has 1 N–H and O–H groups in total. The number of benzene rings is 2. The normalized spacial score (nSPS) is 10.0. The molecule has 0 aliphatic heterocycles. The highest BCUT2D eigenvalue weighted by Crippen LogP contribution is 2.20. The number of carbonyl (C=O) groups excluding carboxylic acids is 1. The molecule has 2 rings (SSSR count). The number of amides is 1. The smallest absolute Gasteiger partial charge is 0.273 e. The summed E-state index contributed by atoms with van der Waals surface area (Å²) >= 11 is 0. The Balaban J connectivity index is 2.12. The van der Waals surface area contributed by atoms with Crippen molar-refractivity contribution in [1.82, 2.24) is 0 Å². The van der Waals surface area contributed by atoms with Gasteiger partial charge in [0, 0.05) is 29.4 Å². The van der Waals surface area contributed by atoms with E-state index in [1.165, 1.54) is 42.5 Å². The van der Waals surface area contributed by atoms with Crippen molar-refractivity contribution in [3.63, 3.8) is 0 Å². The molecule has 0 bridgehead atoms. The lowest BCUT2D eigenvalue weighted by atomic mass is 10.1. The summed E-state index contributed by atoms with van der Waals surface area (Å²) in [5, 5.41) is 24.0. The number of para-hydroxylation sites is 1. The van der Waals surface area contributed by atoms with Crippen LogP contribution in [0.3, 0.4) is 0 Å². The van der Waals surface area contributed by atoms with Crippen LogP contribution < -0.4 is 5.32 Å². The summed E-state index contributed by atoms with van der Waals surface area (Å²) in [6, 6.07) is 11.4. The van der Waals surface area contributed by atoms with Gasteiger partial charge in [0.05, 0.1) is 16.3 Å². The predicted molar refractivity (Wildman–Crippen MR) is 78.5 cm³/mol. The molecular formula is C14H11N3O5. The Morgan fingerprint density at radius 2 is 1.73 bits per heavy atom. The van der Waals surface area contributed by atoms with E-state index in [0.717, 1.165) is 0 Å². The van der Waals surface area contributed by atoms with Crippen LogP contribution in [0.4, 0.5) is 17.1 Å². The van der Waals surface area contributed by atoms with E-state index in [9.17, 15) is 25.0 Å². The van der Waals surface area contributed by atoms with Gasteiger partial charge in [0.15, 0.2) is 0 Å². The number of nitrogens with zero attached hydrogens (tertiary/aromatic N) is 2. The van der Waals surface area contributed by atoms with Crippen molar-refractivity contribution in [2.45, 2.75) is 6.42 Å². The van der Waals surface area contributed by atoms with Crippen LogP contribution in [0.15, 0.2) is 48.5 Å². The van der Waals surface area contributed by atoms with Gasteiger partial charge in [-0.25, -0.2) is 0 Å². The van der Waals surface area contributed by atoms with E-state index in [-0.39, 0.29) is 29.0 Å². The fourth-order valence-electron chi connectivity index (χ4n) is 1.91. The van der Waals surface area contributed by atoms with Gasteiger partial charge < -0.3 is 5.32 Å². The Hall–Kier alpha value is -3.29. The summed E-state index contributed by atoms with van der Waals surface area (Å²) in [7, 11) is 0. The van der Waals surface area contributed by atoms with Gasteiger partial charge in [-0.2, -0.15) is 0 Å². The minimum atomic E-state index is -0.572. The standard InChI is InChI=1S/C14H11N3O5/c18-14(8-10-4-1-2-7-13(10)17(21)22)15-11-5-3-6-12(9-11)16(19)20/h1-7,9H,8H2,(H,15,18). The van der Waals surface area contributed by atoms with Crippen LogP contribution in [0.25, 0.3) is 0 Å². The summed E-state index contributed by atoms with van der Waals surface area (Å²) < 4.78 is 0. The minimum Gasteiger partial charge on any atom is -0.326 e. The van der Waals surface area contributed by atoms with Crippen LogP contribution >= 0.6 is 0 Å². The Morgan fingerprint density at radius 1 is 1.00 bits per heavy atom. The average Bonchev–Trinajstić information content (AvgIpc) is 2.47. The summed E-state index contributed by atoms with van der Waals surface area (Å²) in [6.07, 6.45) is -0.195. The summed E-state index contributed by atoms with van der Waals surface area (Å²) in [4.78, 5) is 32.4. The van der Waals surface area contributed by atoms with Crippen molar-refractivity contribution in [3.05, 3.63) is 74.3 Å². The average molecular weight is 301 g/mol. The molecule has 2 aromatic rings. The lowest BCUT2D eigenvalue weighted by Crippen LogP contribution is -2.15. The summed E-state index contributed by atoms with van der Waals surface area (Å²) in [6.45, 7) is 0. The van der Waals surface area contributed by atoms with E-state index in [2.05, 4.69) is 5.32 Å². The molecule has 0 unspecified atom stereocenters. The van der Waals surface area contributed by atoms with E-state index in [1.54, 1.807) is 6.07 Å². The van der Waals surface area contributed by atoms with Crippen molar-refractivity contribution in [3.8, 4) is 0 Å². The topological polar surface area (TPSA) is 115 Å². The third-order valence-corrected chi connectivity index (χ3v) is 2.88. The van der Waals surface area contributed by atoms with Crippen molar-refractivity contribution in [1.29, 1.82) is 0 Å². The van der Waals surface area contributed by atoms with Gasteiger partial charge >= 0.3 is 0 Å². The number of carbonyl (C=O) groups is 1. The second kappa shape index (κ2) is 6.44. The lowest BCUT2D eigenvalue weighted by Gasteiger charge is -2.05. The molecular weight excluding hydrogens is 290 g/mol. The van der Waals surface area contributed by atoms with E-state index in [0.29, 0.717) is 0 Å². The van der Waals surface area contributed by atoms with Gasteiger partial charge in [-0.15, -0.1) is 0 Å². The van der Waals surface area contributed by atoms with Gasteiger partial charge in [-0.1, -0.05) is 24.3 Å². The molecule has 0 atom stereocenters. The van der Waals surface area contributed by atoms with Gasteiger partial charge in [0.2, 0.25) is 5.91 Å². The molecule has 0 saturated carbocycles.